The Kier molecular flexibility index (Phi) is 7.18. The number of nitrogens with zero attached hydrogens (tertiary/aromatic N) is 6. The van der Waals surface area contributed by atoms with Crippen LogP contribution in [0.4, 0.5) is 5.82 Å². The Morgan fingerprint density at radius 2 is 1.86 bits per heavy atom. The highest BCUT2D eigenvalue weighted by atomic mass is 35.5. The van der Waals surface area contributed by atoms with Gasteiger partial charge in [-0.05, 0) is 61.1 Å². The average molecular weight is 701 g/mol. The first-order valence-electron chi connectivity index (χ1n) is 16.0. The number of aromatic nitrogens is 5. The second-order valence-electron chi connectivity index (χ2n) is 13.1. The Morgan fingerprint density at radius 1 is 1.08 bits per heavy atom. The zero-order chi connectivity index (χ0) is 34.5. The van der Waals surface area contributed by atoms with Gasteiger partial charge in [0.15, 0.2) is 0 Å². The average Bonchev–Trinajstić information content (AvgIpc) is 3.75. The fraction of sp³-hybridized carbons (Fsp3) is 0.343. The lowest BCUT2D eigenvalue weighted by Gasteiger charge is -2.47. The van der Waals surface area contributed by atoms with Crippen molar-refractivity contribution in [3.8, 4) is 16.3 Å². The summed E-state index contributed by atoms with van der Waals surface area (Å²) >= 11 is 7.86. The smallest absolute Gasteiger partial charge is 0.347 e. The molecule has 4 atom stereocenters. The number of carbonyl (C=O) groups is 2. The number of anilines is 1. The zero-order valence-corrected chi connectivity index (χ0v) is 28.8. The number of carbonyl (C=O) groups excluding carboxylic acids is 2. The van der Waals surface area contributed by atoms with E-state index in [2.05, 4.69) is 0 Å². The summed E-state index contributed by atoms with van der Waals surface area (Å²) in [5.74, 6) is -1.52. The summed E-state index contributed by atoms with van der Waals surface area (Å²) in [6.07, 6.45) is 2.05. The van der Waals surface area contributed by atoms with E-state index in [1.807, 2.05) is 50.3 Å². The summed E-state index contributed by atoms with van der Waals surface area (Å²) in [6.45, 7) is 3.77. The highest BCUT2D eigenvalue weighted by Gasteiger charge is 2.66. The van der Waals surface area contributed by atoms with Crippen molar-refractivity contribution in [1.82, 2.24) is 23.7 Å². The van der Waals surface area contributed by atoms with E-state index in [0.717, 1.165) is 30.7 Å². The third-order valence-corrected chi connectivity index (χ3v) is 12.1. The molecule has 0 bridgehead atoms. The molecule has 5 aromatic rings. The number of aliphatic hydroxyl groups is 1. The summed E-state index contributed by atoms with van der Waals surface area (Å²) in [5.41, 5.74) is 0.830. The summed E-state index contributed by atoms with van der Waals surface area (Å²) in [7, 11) is 3.15. The predicted octanol–water partition coefficient (Wildman–Crippen LogP) is 4.16. The van der Waals surface area contributed by atoms with E-state index in [4.69, 9.17) is 21.4 Å². The Labute approximate surface area is 289 Å². The summed E-state index contributed by atoms with van der Waals surface area (Å²) in [4.78, 5) is 58.3. The van der Waals surface area contributed by atoms with Crippen LogP contribution in [-0.4, -0.2) is 53.8 Å². The lowest BCUT2D eigenvalue weighted by atomic mass is 9.56. The largest absolute Gasteiger partial charge is 0.491 e. The van der Waals surface area contributed by atoms with Crippen molar-refractivity contribution in [1.29, 1.82) is 0 Å². The maximum atomic E-state index is 15.0. The summed E-state index contributed by atoms with van der Waals surface area (Å²) < 4.78 is 12.5. The van der Waals surface area contributed by atoms with Gasteiger partial charge in [-0.1, -0.05) is 35.9 Å². The number of aryl methyl sites for hydroxylation is 2. The van der Waals surface area contributed by atoms with Crippen molar-refractivity contribution in [3.05, 3.63) is 97.3 Å². The molecule has 1 aliphatic carbocycles. The van der Waals surface area contributed by atoms with Gasteiger partial charge in [-0.3, -0.25) is 14.3 Å². The first-order chi connectivity index (χ1) is 23.5. The van der Waals surface area contributed by atoms with E-state index in [1.54, 1.807) is 41.3 Å². The van der Waals surface area contributed by atoms with Gasteiger partial charge in [0.25, 0.3) is 0 Å². The molecule has 2 amide bonds. The highest BCUT2D eigenvalue weighted by molar-refractivity contribution is 7.22. The van der Waals surface area contributed by atoms with Gasteiger partial charge in [0, 0.05) is 41.4 Å². The fourth-order valence-electron chi connectivity index (χ4n) is 8.17. The third kappa shape index (κ3) is 4.35. The Balaban J connectivity index is 1.29. The van der Waals surface area contributed by atoms with Crippen LogP contribution < -0.4 is 21.0 Å². The molecule has 1 N–H and O–H groups in total. The highest BCUT2D eigenvalue weighted by Crippen LogP contribution is 2.62. The van der Waals surface area contributed by atoms with Crippen molar-refractivity contribution in [2.24, 2.45) is 25.4 Å². The number of ether oxygens (including phenoxy) is 1. The molecule has 49 heavy (non-hydrogen) atoms. The Bertz CT molecular complexity index is 2380. The molecule has 0 radical (unpaired) electrons. The van der Waals surface area contributed by atoms with Crippen molar-refractivity contribution >= 4 is 50.7 Å². The standard InChI is InChI=1S/C35H33ClN6O6S/c1-18-22-15-19(36)9-10-27(22)49-30(18)24-17-28(39(4)37-24)41-31(44)23-16-25-20(11-12-40-33(46)38(3)34(47)42(25)40)29(35(23,2)32(41)45)21-7-5-6-8-26(21)48-14-13-43/h5-11,15,17,23,25,29,43H,12-14,16H2,1-4H3. The van der Waals surface area contributed by atoms with Gasteiger partial charge in [0.2, 0.25) is 11.8 Å². The number of allylic oxidation sites excluding steroid dienone is 2. The third-order valence-electron chi connectivity index (χ3n) is 10.5. The monoisotopic (exact) mass is 700 g/mol. The van der Waals surface area contributed by atoms with Crippen LogP contribution in [0.3, 0.4) is 0 Å². The van der Waals surface area contributed by atoms with Crippen LogP contribution in [0.2, 0.25) is 5.02 Å². The second kappa shape index (κ2) is 11.2. The van der Waals surface area contributed by atoms with Crippen molar-refractivity contribution in [3.63, 3.8) is 0 Å². The molecular weight excluding hydrogens is 668 g/mol. The molecule has 14 heteroatoms. The molecule has 3 aliphatic rings. The summed E-state index contributed by atoms with van der Waals surface area (Å²) in [6, 6.07) is 14.1. The van der Waals surface area contributed by atoms with Gasteiger partial charge in [-0.15, -0.1) is 11.3 Å². The number of thiophene rings is 1. The van der Waals surface area contributed by atoms with E-state index < -0.39 is 40.6 Å². The molecule has 8 rings (SSSR count). The van der Waals surface area contributed by atoms with Gasteiger partial charge in [0.05, 0.1) is 35.4 Å². The number of halogens is 1. The number of aliphatic hydroxyl groups excluding tert-OH is 1. The maximum Gasteiger partial charge on any atom is 0.347 e. The molecule has 252 valence electrons. The van der Waals surface area contributed by atoms with E-state index in [1.165, 1.54) is 21.3 Å². The minimum absolute atomic E-state index is 0.0319. The minimum Gasteiger partial charge on any atom is -0.491 e. The maximum absolute atomic E-state index is 15.0. The first-order valence-corrected chi connectivity index (χ1v) is 17.2. The second-order valence-corrected chi connectivity index (χ2v) is 14.6. The van der Waals surface area contributed by atoms with E-state index >= 15 is 0 Å². The molecule has 12 nitrogen and oxygen atoms in total. The van der Waals surface area contributed by atoms with Gasteiger partial charge in [0.1, 0.15) is 23.9 Å². The number of rotatable bonds is 6. The van der Waals surface area contributed by atoms with Crippen LogP contribution in [-0.2, 0) is 30.2 Å². The van der Waals surface area contributed by atoms with Gasteiger partial charge in [-0.25, -0.2) is 28.4 Å². The fourth-order valence-corrected chi connectivity index (χ4v) is 9.49. The minimum atomic E-state index is -1.28. The lowest BCUT2D eigenvalue weighted by molar-refractivity contribution is -0.129. The molecule has 1 saturated heterocycles. The first kappa shape index (κ1) is 31.5. The van der Waals surface area contributed by atoms with Crippen LogP contribution in [0, 0.1) is 18.3 Å². The Morgan fingerprint density at radius 3 is 2.63 bits per heavy atom. The summed E-state index contributed by atoms with van der Waals surface area (Å²) in [5, 5.41) is 16.0. The van der Waals surface area contributed by atoms with E-state index in [0.29, 0.717) is 27.8 Å². The van der Waals surface area contributed by atoms with Crippen molar-refractivity contribution in [2.75, 3.05) is 18.1 Å². The van der Waals surface area contributed by atoms with Crippen LogP contribution >= 0.6 is 22.9 Å². The van der Waals surface area contributed by atoms with Crippen molar-refractivity contribution in [2.45, 2.75) is 38.8 Å². The van der Waals surface area contributed by atoms with Crippen LogP contribution in [0.5, 0.6) is 5.75 Å². The number of hydrogen-bond acceptors (Lipinski definition) is 8. The molecule has 5 heterocycles. The molecule has 2 aromatic carbocycles. The molecular formula is C35H33ClN6O6S. The SMILES string of the molecule is Cc1c(-c2cc(N3C(=O)C4CC5C(=CCn6c(=O)n(C)c(=O)n65)C(c5ccccc5OCCO)C4(C)C3=O)n(C)n2)sc2ccc(Cl)cc12. The number of benzene rings is 2. The van der Waals surface area contributed by atoms with Crippen LogP contribution in [0.15, 0.2) is 69.8 Å². The van der Waals surface area contributed by atoms with Gasteiger partial charge < -0.3 is 9.84 Å². The molecule has 2 aliphatic heterocycles. The van der Waals surface area contributed by atoms with Gasteiger partial charge in [-0.2, -0.15) is 5.10 Å². The van der Waals surface area contributed by atoms with Crippen LogP contribution in [0.25, 0.3) is 20.7 Å². The molecule has 2 fully saturated rings. The predicted molar refractivity (Wildman–Crippen MR) is 185 cm³/mol. The Hall–Kier alpha value is -4.72. The van der Waals surface area contributed by atoms with Gasteiger partial charge >= 0.3 is 11.4 Å². The number of para-hydroxylation sites is 1. The molecule has 1 saturated carbocycles. The quantitative estimate of drug-likeness (QED) is 0.208. The zero-order valence-electron chi connectivity index (χ0n) is 27.2. The lowest BCUT2D eigenvalue weighted by Crippen LogP contribution is -2.49. The topological polar surface area (TPSA) is 134 Å². The van der Waals surface area contributed by atoms with Crippen molar-refractivity contribution < 1.29 is 19.4 Å². The number of imide groups is 1. The van der Waals surface area contributed by atoms with E-state index in [9.17, 15) is 24.3 Å². The number of amides is 2. The van der Waals surface area contributed by atoms with Crippen LogP contribution in [0.1, 0.15) is 36.4 Å². The molecule has 3 aromatic heterocycles. The normalized spacial score (nSPS) is 23.1. The van der Waals surface area contributed by atoms with E-state index in [-0.39, 0.29) is 32.1 Å². The number of fused-ring (bicyclic) bond motifs is 5. The molecule has 0 spiro atoms. The number of hydrogen-bond donors (Lipinski definition) is 1. The molecule has 4 unspecified atom stereocenters.